The predicted molar refractivity (Wildman–Crippen MR) is 79.3 cm³/mol. The fourth-order valence-corrected chi connectivity index (χ4v) is 2.41. The average Bonchev–Trinajstić information content (AvgIpc) is 2.89. The summed E-state index contributed by atoms with van der Waals surface area (Å²) in [6.45, 7) is 0. The van der Waals surface area contributed by atoms with Gasteiger partial charge in [-0.25, -0.2) is 4.79 Å². The van der Waals surface area contributed by atoms with Gasteiger partial charge in [0.2, 0.25) is 0 Å². The summed E-state index contributed by atoms with van der Waals surface area (Å²) < 4.78 is 5.21. The predicted octanol–water partition coefficient (Wildman–Crippen LogP) is 2.82. The molecule has 1 unspecified atom stereocenters. The third-order valence-corrected chi connectivity index (χ3v) is 3.49. The van der Waals surface area contributed by atoms with Gasteiger partial charge in [0, 0.05) is 5.56 Å². The zero-order valence-electron chi connectivity index (χ0n) is 11.7. The number of ether oxygens (including phenoxy) is 1. The summed E-state index contributed by atoms with van der Waals surface area (Å²) in [6, 6.07) is 17.3. The number of benzene rings is 2. The van der Waals surface area contributed by atoms with Crippen molar-refractivity contribution in [3.05, 3.63) is 65.7 Å². The lowest BCUT2D eigenvalue weighted by Crippen LogP contribution is -2.21. The quantitative estimate of drug-likeness (QED) is 0.810. The van der Waals surface area contributed by atoms with Gasteiger partial charge in [-0.1, -0.05) is 47.6 Å². The minimum atomic E-state index is -0.375. The Morgan fingerprint density at radius 1 is 1.14 bits per heavy atom. The highest BCUT2D eigenvalue weighted by atomic mass is 16.7. The second-order valence-corrected chi connectivity index (χ2v) is 4.86. The Kier molecular flexibility index (Phi) is 3.69. The van der Waals surface area contributed by atoms with Crippen LogP contribution >= 0.6 is 0 Å². The molecule has 0 N–H and O–H groups in total. The molecule has 1 aliphatic heterocycles. The minimum Gasteiger partial charge on any atom is -0.497 e. The molecule has 1 atom stereocenters. The van der Waals surface area contributed by atoms with E-state index in [0.717, 1.165) is 16.9 Å². The van der Waals surface area contributed by atoms with E-state index in [2.05, 4.69) is 5.16 Å². The molecule has 0 spiro atoms. The molecule has 0 fully saturated rings. The maximum absolute atomic E-state index is 11.9. The molecule has 0 radical (unpaired) electrons. The smallest absolute Gasteiger partial charge is 0.344 e. The Labute approximate surface area is 123 Å². The Hall–Kier alpha value is -2.62. The van der Waals surface area contributed by atoms with Gasteiger partial charge in [-0.2, -0.15) is 0 Å². The number of rotatable bonds is 4. The largest absolute Gasteiger partial charge is 0.497 e. The highest BCUT2D eigenvalue weighted by molar-refractivity contribution is 6.14. The van der Waals surface area contributed by atoms with Gasteiger partial charge in [-0.3, -0.25) is 0 Å². The minimum absolute atomic E-state index is 0.309. The Balaban J connectivity index is 1.86. The molecule has 1 aliphatic rings. The van der Waals surface area contributed by atoms with Crippen molar-refractivity contribution in [2.45, 2.75) is 6.42 Å². The van der Waals surface area contributed by atoms with Crippen LogP contribution < -0.4 is 4.74 Å². The number of methoxy groups -OCH3 is 1. The van der Waals surface area contributed by atoms with E-state index in [9.17, 15) is 4.79 Å². The van der Waals surface area contributed by atoms with Gasteiger partial charge >= 0.3 is 5.97 Å². The molecule has 2 aromatic carbocycles. The summed E-state index contributed by atoms with van der Waals surface area (Å²) in [7, 11) is 1.62. The van der Waals surface area contributed by atoms with Crippen molar-refractivity contribution < 1.29 is 14.4 Å². The van der Waals surface area contributed by atoms with Crippen LogP contribution in [0.2, 0.25) is 0 Å². The molecule has 1 heterocycles. The zero-order chi connectivity index (χ0) is 14.7. The van der Waals surface area contributed by atoms with E-state index in [-0.39, 0.29) is 11.9 Å². The average molecular weight is 281 g/mol. The van der Waals surface area contributed by atoms with E-state index >= 15 is 0 Å². The van der Waals surface area contributed by atoms with Gasteiger partial charge in [0.1, 0.15) is 17.4 Å². The lowest BCUT2D eigenvalue weighted by molar-refractivity contribution is -0.143. The van der Waals surface area contributed by atoms with E-state index in [1.165, 1.54) is 0 Å². The molecule has 0 aliphatic carbocycles. The third-order valence-electron chi connectivity index (χ3n) is 3.49. The molecule has 2 aromatic rings. The van der Waals surface area contributed by atoms with E-state index < -0.39 is 0 Å². The Morgan fingerprint density at radius 3 is 2.71 bits per heavy atom. The summed E-state index contributed by atoms with van der Waals surface area (Å²) in [5, 5.41) is 3.94. The van der Waals surface area contributed by atoms with E-state index in [1.54, 1.807) is 7.11 Å². The standard InChI is InChI=1S/C17H15NO3/c1-20-14-9-5-6-12(10-14)11-15-16(18-21-17(15)19)13-7-3-2-4-8-13/h2-10,15H,11H2,1H3. The Bertz CT molecular complexity index is 679. The SMILES string of the molecule is COc1cccc(CC2C(=O)ON=C2c2ccccc2)c1. The van der Waals surface area contributed by atoms with Crippen molar-refractivity contribution in [1.29, 1.82) is 0 Å². The van der Waals surface area contributed by atoms with E-state index in [0.29, 0.717) is 12.1 Å². The highest BCUT2D eigenvalue weighted by Crippen LogP contribution is 2.24. The Morgan fingerprint density at radius 2 is 1.95 bits per heavy atom. The van der Waals surface area contributed by atoms with Crippen LogP contribution in [0.25, 0.3) is 0 Å². The summed E-state index contributed by atoms with van der Waals surface area (Å²) in [6.07, 6.45) is 0.545. The normalized spacial score (nSPS) is 17.3. The fourth-order valence-electron chi connectivity index (χ4n) is 2.41. The lowest BCUT2D eigenvalue weighted by Gasteiger charge is -2.10. The van der Waals surface area contributed by atoms with Gasteiger partial charge in [0.05, 0.1) is 7.11 Å². The summed E-state index contributed by atoms with van der Waals surface area (Å²) >= 11 is 0. The number of oxime groups is 1. The summed E-state index contributed by atoms with van der Waals surface area (Å²) in [5.74, 6) is 0.0910. The van der Waals surface area contributed by atoms with E-state index in [4.69, 9.17) is 9.57 Å². The van der Waals surface area contributed by atoms with Crippen LogP contribution in [0.1, 0.15) is 11.1 Å². The first-order chi connectivity index (χ1) is 10.3. The van der Waals surface area contributed by atoms with Gasteiger partial charge in [-0.05, 0) is 24.1 Å². The lowest BCUT2D eigenvalue weighted by atomic mass is 9.91. The monoisotopic (exact) mass is 281 g/mol. The molecule has 21 heavy (non-hydrogen) atoms. The van der Waals surface area contributed by atoms with E-state index in [1.807, 2.05) is 54.6 Å². The molecule has 0 aromatic heterocycles. The van der Waals surface area contributed by atoms with Gasteiger partial charge < -0.3 is 9.57 Å². The zero-order valence-corrected chi connectivity index (χ0v) is 11.7. The number of hydrogen-bond acceptors (Lipinski definition) is 4. The number of hydrogen-bond donors (Lipinski definition) is 0. The van der Waals surface area contributed by atoms with Gasteiger partial charge in [0.25, 0.3) is 0 Å². The number of carbonyl (C=O) groups excluding carboxylic acids is 1. The van der Waals surface area contributed by atoms with Gasteiger partial charge in [-0.15, -0.1) is 0 Å². The van der Waals surface area contributed by atoms with Crippen LogP contribution in [-0.4, -0.2) is 18.8 Å². The molecule has 3 rings (SSSR count). The summed E-state index contributed by atoms with van der Waals surface area (Å²) in [5.41, 5.74) is 2.61. The molecule has 4 nitrogen and oxygen atoms in total. The van der Waals surface area contributed by atoms with Crippen LogP contribution in [-0.2, 0) is 16.1 Å². The van der Waals surface area contributed by atoms with Crippen molar-refractivity contribution in [3.63, 3.8) is 0 Å². The molecular formula is C17H15NO3. The van der Waals surface area contributed by atoms with Crippen molar-refractivity contribution in [1.82, 2.24) is 0 Å². The summed E-state index contributed by atoms with van der Waals surface area (Å²) in [4.78, 5) is 16.8. The number of carbonyl (C=O) groups is 1. The van der Waals surface area contributed by atoms with Crippen LogP contribution in [0.3, 0.4) is 0 Å². The van der Waals surface area contributed by atoms with Crippen LogP contribution in [0, 0.1) is 5.92 Å². The number of nitrogens with zero attached hydrogens (tertiary/aromatic N) is 1. The van der Waals surface area contributed by atoms with Crippen LogP contribution in [0.5, 0.6) is 5.75 Å². The second kappa shape index (κ2) is 5.79. The topological polar surface area (TPSA) is 47.9 Å². The fraction of sp³-hybridized carbons (Fsp3) is 0.176. The first-order valence-electron chi connectivity index (χ1n) is 6.75. The van der Waals surface area contributed by atoms with Crippen LogP contribution in [0.15, 0.2) is 59.8 Å². The molecule has 0 bridgehead atoms. The molecule has 0 saturated heterocycles. The third kappa shape index (κ3) is 2.79. The molecule has 4 heteroatoms. The molecule has 0 amide bonds. The highest BCUT2D eigenvalue weighted by Gasteiger charge is 2.33. The maximum atomic E-state index is 11.9. The van der Waals surface area contributed by atoms with Crippen molar-refractivity contribution in [2.24, 2.45) is 11.1 Å². The van der Waals surface area contributed by atoms with Crippen LogP contribution in [0.4, 0.5) is 0 Å². The molecular weight excluding hydrogens is 266 g/mol. The molecule has 0 saturated carbocycles. The first-order valence-corrected chi connectivity index (χ1v) is 6.75. The van der Waals surface area contributed by atoms with Crippen molar-refractivity contribution in [3.8, 4) is 5.75 Å². The second-order valence-electron chi connectivity index (χ2n) is 4.86. The van der Waals surface area contributed by atoms with Gasteiger partial charge in [0.15, 0.2) is 0 Å². The molecule has 106 valence electrons. The first kappa shape index (κ1) is 13.4. The van der Waals surface area contributed by atoms with Crippen molar-refractivity contribution in [2.75, 3.05) is 7.11 Å². The maximum Gasteiger partial charge on any atom is 0.344 e. The van der Waals surface area contributed by atoms with Crippen molar-refractivity contribution >= 4 is 11.7 Å².